The Morgan fingerprint density at radius 3 is 2.52 bits per heavy atom. The largest absolute Gasteiger partial charge is 0.416 e. The zero-order valence-corrected chi connectivity index (χ0v) is 11.5. The highest BCUT2D eigenvalue weighted by Gasteiger charge is 2.30. The number of carbonyl (C=O) groups is 1. The Balaban J connectivity index is 2.11. The summed E-state index contributed by atoms with van der Waals surface area (Å²) in [5, 5.41) is 2.94. The fraction of sp³-hybridized carbons (Fsp3) is 0.133. The fourth-order valence-corrected chi connectivity index (χ4v) is 2.06. The minimum atomic E-state index is -4.42. The molecule has 0 spiro atoms. The van der Waals surface area contributed by atoms with E-state index in [-0.39, 0.29) is 5.02 Å². The number of nitrogens with one attached hydrogen (secondary N) is 1. The molecule has 0 saturated heterocycles. The van der Waals surface area contributed by atoms with E-state index < -0.39 is 11.7 Å². The molecule has 110 valence electrons. The first-order valence-electron chi connectivity index (χ1n) is 6.05. The topological polar surface area (TPSA) is 29.1 Å². The van der Waals surface area contributed by atoms with Crippen molar-refractivity contribution in [2.45, 2.75) is 12.7 Å². The van der Waals surface area contributed by atoms with Crippen molar-refractivity contribution in [1.82, 2.24) is 0 Å². The molecule has 6 heteroatoms. The monoisotopic (exact) mass is 313 g/mol. The van der Waals surface area contributed by atoms with Gasteiger partial charge in [-0.2, -0.15) is 13.2 Å². The number of aldehydes is 1. The van der Waals surface area contributed by atoms with E-state index in [2.05, 4.69) is 5.32 Å². The molecular formula is C15H11ClF3NO. The Morgan fingerprint density at radius 1 is 1.14 bits per heavy atom. The molecule has 0 aliphatic heterocycles. The first-order valence-corrected chi connectivity index (χ1v) is 6.42. The van der Waals surface area contributed by atoms with Crippen LogP contribution in [0.5, 0.6) is 0 Å². The van der Waals surface area contributed by atoms with Gasteiger partial charge in [-0.05, 0) is 29.8 Å². The summed E-state index contributed by atoms with van der Waals surface area (Å²) in [4.78, 5) is 10.7. The predicted octanol–water partition coefficient (Wildman–Crippen LogP) is 4.78. The molecule has 0 unspecified atom stereocenters. The van der Waals surface area contributed by atoms with Crippen LogP contribution in [0.3, 0.4) is 0 Å². The second kappa shape index (κ2) is 6.18. The second-order valence-electron chi connectivity index (χ2n) is 4.41. The third-order valence-corrected chi connectivity index (χ3v) is 3.18. The third-order valence-electron chi connectivity index (χ3n) is 2.87. The van der Waals surface area contributed by atoms with E-state index in [0.717, 1.165) is 24.0 Å². The molecule has 21 heavy (non-hydrogen) atoms. The maximum atomic E-state index is 12.5. The van der Waals surface area contributed by atoms with Crippen molar-refractivity contribution in [3.05, 3.63) is 64.2 Å². The summed E-state index contributed by atoms with van der Waals surface area (Å²) in [6, 6.07) is 10.0. The molecule has 0 aromatic heterocycles. The van der Waals surface area contributed by atoms with Crippen LogP contribution in [0.2, 0.25) is 5.02 Å². The predicted molar refractivity (Wildman–Crippen MR) is 75.6 cm³/mol. The highest BCUT2D eigenvalue weighted by atomic mass is 35.5. The lowest BCUT2D eigenvalue weighted by atomic mass is 10.1. The van der Waals surface area contributed by atoms with E-state index in [1.54, 1.807) is 24.3 Å². The van der Waals surface area contributed by atoms with E-state index in [1.165, 1.54) is 6.07 Å². The number of hydrogen-bond acceptors (Lipinski definition) is 2. The van der Waals surface area contributed by atoms with Gasteiger partial charge in [-0.15, -0.1) is 0 Å². The summed E-state index contributed by atoms with van der Waals surface area (Å²) < 4.78 is 37.6. The van der Waals surface area contributed by atoms with Crippen molar-refractivity contribution in [2.24, 2.45) is 0 Å². The standard InChI is InChI=1S/C15H11ClF3NO/c16-13-7-12(15(17,18)19)4-5-14(13)20-8-10-2-1-3-11(6-10)9-21/h1-7,9,20H,8H2. The second-order valence-corrected chi connectivity index (χ2v) is 4.82. The first kappa shape index (κ1) is 15.4. The zero-order chi connectivity index (χ0) is 15.5. The molecular weight excluding hydrogens is 303 g/mol. The Labute approximate surface area is 124 Å². The molecule has 0 radical (unpaired) electrons. The molecule has 0 amide bonds. The average molecular weight is 314 g/mol. The number of benzene rings is 2. The summed E-state index contributed by atoms with van der Waals surface area (Å²) in [5.74, 6) is 0. The molecule has 0 bridgehead atoms. The lowest BCUT2D eigenvalue weighted by Gasteiger charge is -2.12. The summed E-state index contributed by atoms with van der Waals surface area (Å²) in [6.45, 7) is 0.354. The molecule has 2 nitrogen and oxygen atoms in total. The number of alkyl halides is 3. The minimum absolute atomic E-state index is 0.00336. The van der Waals surface area contributed by atoms with Crippen LogP contribution in [0.1, 0.15) is 21.5 Å². The molecule has 0 aliphatic rings. The summed E-state index contributed by atoms with van der Waals surface area (Å²) in [6.07, 6.45) is -3.69. The van der Waals surface area contributed by atoms with Gasteiger partial charge in [0.25, 0.3) is 0 Å². The van der Waals surface area contributed by atoms with Gasteiger partial charge in [0.05, 0.1) is 16.3 Å². The molecule has 2 aromatic carbocycles. The number of rotatable bonds is 4. The van der Waals surface area contributed by atoms with Gasteiger partial charge in [-0.3, -0.25) is 4.79 Å². The van der Waals surface area contributed by atoms with Crippen LogP contribution in [0.25, 0.3) is 0 Å². The molecule has 2 rings (SSSR count). The van der Waals surface area contributed by atoms with Crippen LogP contribution in [-0.2, 0) is 12.7 Å². The number of carbonyl (C=O) groups excluding carboxylic acids is 1. The molecule has 0 aliphatic carbocycles. The third kappa shape index (κ3) is 3.98. The Kier molecular flexibility index (Phi) is 4.53. The van der Waals surface area contributed by atoms with Crippen LogP contribution >= 0.6 is 11.6 Å². The normalized spacial score (nSPS) is 11.2. The maximum Gasteiger partial charge on any atom is 0.416 e. The van der Waals surface area contributed by atoms with E-state index in [4.69, 9.17) is 11.6 Å². The summed E-state index contributed by atoms with van der Waals surface area (Å²) in [7, 11) is 0. The van der Waals surface area contributed by atoms with Crippen molar-refractivity contribution >= 4 is 23.6 Å². The van der Waals surface area contributed by atoms with Crippen molar-refractivity contribution in [3.8, 4) is 0 Å². The van der Waals surface area contributed by atoms with Crippen molar-refractivity contribution in [1.29, 1.82) is 0 Å². The fourth-order valence-electron chi connectivity index (χ4n) is 1.81. The van der Waals surface area contributed by atoms with E-state index in [1.807, 2.05) is 0 Å². The number of anilines is 1. The molecule has 2 aromatic rings. The highest BCUT2D eigenvalue weighted by molar-refractivity contribution is 6.33. The lowest BCUT2D eigenvalue weighted by molar-refractivity contribution is -0.137. The van der Waals surface area contributed by atoms with Crippen molar-refractivity contribution in [2.75, 3.05) is 5.32 Å². The number of halogens is 4. The molecule has 0 heterocycles. The van der Waals surface area contributed by atoms with Crippen LogP contribution in [0, 0.1) is 0 Å². The maximum absolute atomic E-state index is 12.5. The van der Waals surface area contributed by atoms with Crippen molar-refractivity contribution < 1.29 is 18.0 Å². The summed E-state index contributed by atoms with van der Waals surface area (Å²) >= 11 is 5.84. The van der Waals surface area contributed by atoms with Crippen molar-refractivity contribution in [3.63, 3.8) is 0 Å². The first-order chi connectivity index (χ1) is 9.90. The van der Waals surface area contributed by atoms with Gasteiger partial charge in [0.2, 0.25) is 0 Å². The SMILES string of the molecule is O=Cc1cccc(CNc2ccc(C(F)(F)F)cc2Cl)c1. The molecule has 0 atom stereocenters. The Morgan fingerprint density at radius 2 is 1.90 bits per heavy atom. The van der Waals surface area contributed by atoms with Gasteiger partial charge >= 0.3 is 6.18 Å². The average Bonchev–Trinajstić information content (AvgIpc) is 2.45. The molecule has 0 saturated carbocycles. The lowest BCUT2D eigenvalue weighted by Crippen LogP contribution is -2.06. The quantitative estimate of drug-likeness (QED) is 0.823. The van der Waals surface area contributed by atoms with Gasteiger partial charge in [-0.25, -0.2) is 0 Å². The summed E-state index contributed by atoms with van der Waals surface area (Å²) in [5.41, 5.74) is 0.977. The van der Waals surface area contributed by atoms with Crippen LogP contribution in [0.15, 0.2) is 42.5 Å². The van der Waals surface area contributed by atoms with E-state index in [0.29, 0.717) is 17.8 Å². The Bertz CT molecular complexity index is 656. The van der Waals surface area contributed by atoms with Gasteiger partial charge in [0.15, 0.2) is 0 Å². The number of hydrogen-bond donors (Lipinski definition) is 1. The Hall–Kier alpha value is -2.01. The van der Waals surface area contributed by atoms with Gasteiger partial charge in [-0.1, -0.05) is 29.8 Å². The minimum Gasteiger partial charge on any atom is -0.380 e. The van der Waals surface area contributed by atoms with E-state index >= 15 is 0 Å². The van der Waals surface area contributed by atoms with Crippen LogP contribution in [0.4, 0.5) is 18.9 Å². The van der Waals surface area contributed by atoms with Gasteiger partial charge in [0, 0.05) is 12.1 Å². The molecule has 0 fully saturated rings. The van der Waals surface area contributed by atoms with Gasteiger partial charge < -0.3 is 5.32 Å². The zero-order valence-electron chi connectivity index (χ0n) is 10.7. The molecule has 1 N–H and O–H groups in total. The van der Waals surface area contributed by atoms with E-state index in [9.17, 15) is 18.0 Å². The highest BCUT2D eigenvalue weighted by Crippen LogP contribution is 2.33. The van der Waals surface area contributed by atoms with Crippen LogP contribution in [-0.4, -0.2) is 6.29 Å². The van der Waals surface area contributed by atoms with Gasteiger partial charge in [0.1, 0.15) is 6.29 Å². The van der Waals surface area contributed by atoms with Crippen LogP contribution < -0.4 is 5.32 Å². The smallest absolute Gasteiger partial charge is 0.380 e.